The third-order valence-electron chi connectivity index (χ3n) is 9.82. The van der Waals surface area contributed by atoms with Gasteiger partial charge < -0.3 is 20.6 Å². The Bertz CT molecular complexity index is 655. The Balaban J connectivity index is 3.59. The Morgan fingerprint density at radius 1 is 0.532 bits per heavy atom. The second kappa shape index (κ2) is 37.9. The van der Waals surface area contributed by atoms with Crippen molar-refractivity contribution in [1.29, 1.82) is 0 Å². The molecule has 0 bridgehead atoms. The molecule has 0 saturated carbocycles. The smallest absolute Gasteiger partial charge is 0.222 e. The Morgan fingerprint density at radius 3 is 1.23 bits per heavy atom. The number of hydrogen-bond acceptors (Lipinski definition) is 4. The molecule has 0 aromatic carbocycles. The third-order valence-corrected chi connectivity index (χ3v) is 9.82. The lowest BCUT2D eigenvalue weighted by Gasteiger charge is -2.21. The molecule has 0 aliphatic heterocycles. The van der Waals surface area contributed by atoms with Gasteiger partial charge in [0, 0.05) is 0 Å². The number of amides is 1. The van der Waals surface area contributed by atoms with E-state index in [1.165, 1.54) is 173 Å². The van der Waals surface area contributed by atoms with Crippen LogP contribution in [0.1, 0.15) is 226 Å². The molecule has 0 aliphatic carbocycles. The summed E-state index contributed by atoms with van der Waals surface area (Å²) >= 11 is 0. The maximum atomic E-state index is 12.3. The van der Waals surface area contributed by atoms with Crippen molar-refractivity contribution >= 4 is 5.91 Å². The highest BCUT2D eigenvalue weighted by molar-refractivity contribution is 5.76. The van der Waals surface area contributed by atoms with Crippen molar-refractivity contribution in [1.82, 2.24) is 5.32 Å². The van der Waals surface area contributed by atoms with Crippen molar-refractivity contribution in [3.63, 3.8) is 0 Å². The molecule has 5 heteroatoms. The highest BCUT2D eigenvalue weighted by Crippen LogP contribution is 2.16. The molecule has 0 radical (unpaired) electrons. The molecule has 0 saturated heterocycles. The summed E-state index contributed by atoms with van der Waals surface area (Å²) in [5, 5.41) is 33.1. The van der Waals surface area contributed by atoms with Crippen molar-refractivity contribution in [2.75, 3.05) is 6.61 Å². The van der Waals surface area contributed by atoms with E-state index in [0.29, 0.717) is 6.42 Å². The number of hydrogen-bond donors (Lipinski definition) is 4. The Morgan fingerprint density at radius 2 is 0.872 bits per heavy atom. The standard InChI is InChI=1S/C42H83NO4/c1-3-5-7-9-11-13-14-15-16-17-18-19-20-21-22-23-24-25-26-28-30-32-34-36-41(46)40(38-44)43-42(47)37-39(45)35-33-31-29-27-12-10-8-6-4-2/h34,36,39-41,44-46H,3-33,35,37-38H2,1-2H3,(H,43,47)/b36-34+. The SMILES string of the molecule is CCCCCCCCCCCCCCCCCCCCCCC/C=C/C(O)C(CO)NC(=O)CC(O)CCCCCCCCCCC. The molecule has 280 valence electrons. The number of unbranched alkanes of at least 4 members (excludes halogenated alkanes) is 29. The van der Waals surface area contributed by atoms with Gasteiger partial charge in [-0.15, -0.1) is 0 Å². The molecule has 0 rings (SSSR count). The fourth-order valence-corrected chi connectivity index (χ4v) is 6.58. The van der Waals surface area contributed by atoms with Crippen molar-refractivity contribution in [2.24, 2.45) is 0 Å². The summed E-state index contributed by atoms with van der Waals surface area (Å²) in [6.45, 7) is 4.20. The first-order valence-corrected chi connectivity index (χ1v) is 21.0. The maximum absolute atomic E-state index is 12.3. The number of nitrogens with one attached hydrogen (secondary N) is 1. The molecule has 0 heterocycles. The lowest BCUT2D eigenvalue weighted by atomic mass is 10.0. The van der Waals surface area contributed by atoms with E-state index in [-0.39, 0.29) is 18.9 Å². The zero-order valence-corrected chi connectivity index (χ0v) is 31.7. The minimum absolute atomic E-state index is 0.0173. The van der Waals surface area contributed by atoms with Gasteiger partial charge in [0.25, 0.3) is 0 Å². The fraction of sp³-hybridized carbons (Fsp3) is 0.929. The van der Waals surface area contributed by atoms with E-state index in [1.807, 2.05) is 6.08 Å². The monoisotopic (exact) mass is 666 g/mol. The second-order valence-electron chi connectivity index (χ2n) is 14.6. The van der Waals surface area contributed by atoms with Crippen molar-refractivity contribution in [3.8, 4) is 0 Å². The van der Waals surface area contributed by atoms with Crippen molar-refractivity contribution in [3.05, 3.63) is 12.2 Å². The van der Waals surface area contributed by atoms with E-state index in [1.54, 1.807) is 6.08 Å². The van der Waals surface area contributed by atoms with Gasteiger partial charge >= 0.3 is 0 Å². The Hall–Kier alpha value is -0.910. The molecule has 1 amide bonds. The van der Waals surface area contributed by atoms with E-state index in [2.05, 4.69) is 19.2 Å². The normalized spacial score (nSPS) is 13.7. The van der Waals surface area contributed by atoms with Crippen LogP contribution in [0.15, 0.2) is 12.2 Å². The van der Waals surface area contributed by atoms with Gasteiger partial charge in [0.1, 0.15) is 0 Å². The molecule has 4 N–H and O–H groups in total. The molecule has 47 heavy (non-hydrogen) atoms. The van der Waals surface area contributed by atoms with Crippen molar-refractivity contribution in [2.45, 2.75) is 244 Å². The van der Waals surface area contributed by atoms with E-state index in [0.717, 1.165) is 25.7 Å². The summed E-state index contributed by atoms with van der Waals surface area (Å²) < 4.78 is 0. The lowest BCUT2D eigenvalue weighted by Crippen LogP contribution is -2.45. The van der Waals surface area contributed by atoms with E-state index >= 15 is 0 Å². The molecule has 0 aromatic rings. The van der Waals surface area contributed by atoms with Gasteiger partial charge in [-0.05, 0) is 19.3 Å². The van der Waals surface area contributed by atoms with Gasteiger partial charge in [-0.3, -0.25) is 4.79 Å². The van der Waals surface area contributed by atoms with Crippen LogP contribution >= 0.6 is 0 Å². The van der Waals surface area contributed by atoms with Crippen LogP contribution in [-0.2, 0) is 4.79 Å². The molecular weight excluding hydrogens is 582 g/mol. The van der Waals surface area contributed by atoms with Crippen LogP contribution in [0.4, 0.5) is 0 Å². The zero-order valence-electron chi connectivity index (χ0n) is 31.7. The van der Waals surface area contributed by atoms with Crippen LogP contribution in [0.25, 0.3) is 0 Å². The van der Waals surface area contributed by atoms with Crippen LogP contribution in [0.5, 0.6) is 0 Å². The summed E-state index contributed by atoms with van der Waals surface area (Å²) in [5.41, 5.74) is 0. The molecule has 5 nitrogen and oxygen atoms in total. The minimum atomic E-state index is -0.923. The summed E-state index contributed by atoms with van der Waals surface area (Å²) in [6.07, 6.45) is 43.6. The van der Waals surface area contributed by atoms with Crippen LogP contribution < -0.4 is 5.32 Å². The summed E-state index contributed by atoms with van der Waals surface area (Å²) in [7, 11) is 0. The van der Waals surface area contributed by atoms with Gasteiger partial charge in [-0.25, -0.2) is 0 Å². The highest BCUT2D eigenvalue weighted by atomic mass is 16.3. The summed E-state index contributed by atoms with van der Waals surface area (Å²) in [6, 6.07) is -0.738. The first-order chi connectivity index (χ1) is 23.0. The average molecular weight is 666 g/mol. The number of allylic oxidation sites excluding steroid dienone is 1. The largest absolute Gasteiger partial charge is 0.394 e. The van der Waals surface area contributed by atoms with Crippen LogP contribution in [0.2, 0.25) is 0 Å². The van der Waals surface area contributed by atoms with Crippen LogP contribution in [0, 0.1) is 0 Å². The third kappa shape index (κ3) is 34.7. The number of aliphatic hydroxyl groups excluding tert-OH is 3. The number of rotatable bonds is 38. The van der Waals surface area contributed by atoms with Gasteiger partial charge in [0.15, 0.2) is 0 Å². The quantitative estimate of drug-likeness (QED) is 0.0390. The van der Waals surface area contributed by atoms with Crippen molar-refractivity contribution < 1.29 is 20.1 Å². The Labute approximate surface area is 293 Å². The predicted molar refractivity (Wildman–Crippen MR) is 204 cm³/mol. The molecular formula is C42H83NO4. The fourth-order valence-electron chi connectivity index (χ4n) is 6.58. The van der Waals surface area contributed by atoms with Gasteiger partial charge in [0.05, 0.1) is 31.3 Å². The first-order valence-electron chi connectivity index (χ1n) is 21.0. The predicted octanol–water partition coefficient (Wildman–Crippen LogP) is 11.7. The second-order valence-corrected chi connectivity index (χ2v) is 14.6. The molecule has 3 unspecified atom stereocenters. The Kier molecular flexibility index (Phi) is 37.2. The molecule has 0 fully saturated rings. The van der Waals surface area contributed by atoms with Gasteiger partial charge in [-0.2, -0.15) is 0 Å². The van der Waals surface area contributed by atoms with Gasteiger partial charge in [-0.1, -0.05) is 212 Å². The number of carbonyl (C=O) groups excluding carboxylic acids is 1. The van der Waals surface area contributed by atoms with Gasteiger partial charge in [0.2, 0.25) is 5.91 Å². The number of aliphatic hydroxyl groups is 3. The molecule has 3 atom stereocenters. The first kappa shape index (κ1) is 46.1. The average Bonchev–Trinajstić information content (AvgIpc) is 3.06. The summed E-state index contributed by atoms with van der Waals surface area (Å²) in [5.74, 6) is -0.315. The zero-order chi connectivity index (χ0) is 34.5. The molecule has 0 aliphatic rings. The minimum Gasteiger partial charge on any atom is -0.394 e. The van der Waals surface area contributed by atoms with E-state index < -0.39 is 18.2 Å². The van der Waals surface area contributed by atoms with E-state index in [9.17, 15) is 20.1 Å². The highest BCUT2D eigenvalue weighted by Gasteiger charge is 2.20. The van der Waals surface area contributed by atoms with E-state index in [4.69, 9.17) is 0 Å². The summed E-state index contributed by atoms with van der Waals surface area (Å²) in [4.78, 5) is 12.3. The van der Waals surface area contributed by atoms with Crippen LogP contribution in [0.3, 0.4) is 0 Å². The van der Waals surface area contributed by atoms with Crippen LogP contribution in [-0.4, -0.2) is 46.1 Å². The molecule has 0 aromatic heterocycles. The maximum Gasteiger partial charge on any atom is 0.222 e. The molecule has 0 spiro atoms. The number of carbonyl (C=O) groups is 1. The lowest BCUT2D eigenvalue weighted by molar-refractivity contribution is -0.124. The topological polar surface area (TPSA) is 89.8 Å².